The number of rotatable bonds is 4. The average Bonchev–Trinajstić information content (AvgIpc) is 3.11. The van der Waals surface area contributed by atoms with Crippen LogP contribution in [0.1, 0.15) is 21.5 Å². The third-order valence-electron chi connectivity index (χ3n) is 3.08. The molecular weight excluding hydrogens is 270 g/mol. The molecule has 1 unspecified atom stereocenters. The number of aromatic nitrogens is 3. The molecular formula is C14H15N5S. The van der Waals surface area contributed by atoms with Gasteiger partial charge in [0, 0.05) is 9.75 Å². The summed E-state index contributed by atoms with van der Waals surface area (Å²) in [5, 5.41) is 8.19. The van der Waals surface area contributed by atoms with E-state index in [2.05, 4.69) is 34.8 Å². The average molecular weight is 285 g/mol. The van der Waals surface area contributed by atoms with Crippen molar-refractivity contribution in [1.82, 2.24) is 20.4 Å². The molecule has 0 spiro atoms. The summed E-state index contributed by atoms with van der Waals surface area (Å²) in [5.41, 5.74) is 4.74. The molecule has 102 valence electrons. The van der Waals surface area contributed by atoms with Crippen molar-refractivity contribution < 1.29 is 0 Å². The predicted octanol–water partition coefficient (Wildman–Crippen LogP) is 2.19. The van der Waals surface area contributed by atoms with E-state index in [0.717, 1.165) is 16.3 Å². The van der Waals surface area contributed by atoms with E-state index in [1.807, 2.05) is 30.3 Å². The van der Waals surface area contributed by atoms with Gasteiger partial charge in [-0.2, -0.15) is 0 Å². The van der Waals surface area contributed by atoms with Crippen molar-refractivity contribution in [3.05, 3.63) is 64.1 Å². The third-order valence-corrected chi connectivity index (χ3v) is 4.15. The first-order valence-corrected chi connectivity index (χ1v) is 7.09. The van der Waals surface area contributed by atoms with Gasteiger partial charge in [0.15, 0.2) is 0 Å². The van der Waals surface area contributed by atoms with E-state index in [1.165, 1.54) is 4.88 Å². The Balaban J connectivity index is 2.04. The summed E-state index contributed by atoms with van der Waals surface area (Å²) in [6.07, 6.45) is 1.74. The Kier molecular flexibility index (Phi) is 3.60. The van der Waals surface area contributed by atoms with Gasteiger partial charge >= 0.3 is 0 Å². The van der Waals surface area contributed by atoms with Crippen molar-refractivity contribution in [3.63, 3.8) is 0 Å². The van der Waals surface area contributed by atoms with Gasteiger partial charge in [0.1, 0.15) is 0 Å². The molecule has 0 radical (unpaired) electrons. The summed E-state index contributed by atoms with van der Waals surface area (Å²) < 4.78 is 1.81. The lowest BCUT2D eigenvalue weighted by Crippen LogP contribution is -2.29. The molecule has 0 fully saturated rings. The number of nitrogens with two attached hydrogens (primary N) is 1. The molecule has 3 N–H and O–H groups in total. The SMILES string of the molecule is Cc1ccc(C(NN)c2cnnn2-c2ccccc2)s1. The van der Waals surface area contributed by atoms with E-state index in [4.69, 9.17) is 5.84 Å². The number of nitrogens with zero attached hydrogens (tertiary/aromatic N) is 3. The fourth-order valence-corrected chi connectivity index (χ4v) is 3.08. The highest BCUT2D eigenvalue weighted by atomic mass is 32.1. The van der Waals surface area contributed by atoms with E-state index in [9.17, 15) is 0 Å². The van der Waals surface area contributed by atoms with Crippen molar-refractivity contribution in [2.24, 2.45) is 5.84 Å². The summed E-state index contributed by atoms with van der Waals surface area (Å²) in [5.74, 6) is 5.74. The monoisotopic (exact) mass is 285 g/mol. The number of hydrogen-bond acceptors (Lipinski definition) is 5. The van der Waals surface area contributed by atoms with Gasteiger partial charge in [-0.15, -0.1) is 16.4 Å². The molecule has 0 aliphatic heterocycles. The molecule has 0 aliphatic carbocycles. The molecule has 3 rings (SSSR count). The summed E-state index contributed by atoms with van der Waals surface area (Å²) >= 11 is 1.71. The largest absolute Gasteiger partial charge is 0.270 e. The van der Waals surface area contributed by atoms with Gasteiger partial charge < -0.3 is 0 Å². The van der Waals surface area contributed by atoms with Crippen LogP contribution in [-0.4, -0.2) is 15.0 Å². The fraction of sp³-hybridized carbons (Fsp3) is 0.143. The van der Waals surface area contributed by atoms with E-state index in [0.29, 0.717) is 0 Å². The lowest BCUT2D eigenvalue weighted by molar-refractivity contribution is 0.603. The molecule has 5 nitrogen and oxygen atoms in total. The molecule has 2 aromatic heterocycles. The molecule has 3 aromatic rings. The van der Waals surface area contributed by atoms with Gasteiger partial charge in [-0.3, -0.25) is 5.84 Å². The minimum absolute atomic E-state index is 0.121. The molecule has 1 atom stereocenters. The maximum atomic E-state index is 5.74. The van der Waals surface area contributed by atoms with E-state index < -0.39 is 0 Å². The Hall–Kier alpha value is -2.02. The van der Waals surface area contributed by atoms with Crippen LogP contribution in [0.4, 0.5) is 0 Å². The van der Waals surface area contributed by atoms with Crippen molar-refractivity contribution in [2.45, 2.75) is 13.0 Å². The summed E-state index contributed by atoms with van der Waals surface area (Å²) in [4.78, 5) is 2.39. The minimum atomic E-state index is -0.121. The molecule has 1 aromatic carbocycles. The lowest BCUT2D eigenvalue weighted by atomic mass is 10.2. The van der Waals surface area contributed by atoms with Gasteiger partial charge in [0.25, 0.3) is 0 Å². The van der Waals surface area contributed by atoms with Crippen LogP contribution in [0.2, 0.25) is 0 Å². The number of benzene rings is 1. The zero-order chi connectivity index (χ0) is 13.9. The quantitative estimate of drug-likeness (QED) is 0.569. The smallest absolute Gasteiger partial charge is 0.0991 e. The van der Waals surface area contributed by atoms with Gasteiger partial charge in [-0.1, -0.05) is 23.4 Å². The van der Waals surface area contributed by atoms with Gasteiger partial charge in [-0.25, -0.2) is 10.1 Å². The van der Waals surface area contributed by atoms with Gasteiger partial charge in [0.05, 0.1) is 23.6 Å². The molecule has 20 heavy (non-hydrogen) atoms. The van der Waals surface area contributed by atoms with Gasteiger partial charge in [-0.05, 0) is 31.2 Å². The van der Waals surface area contributed by atoms with Crippen LogP contribution in [0, 0.1) is 6.92 Å². The molecule has 0 amide bonds. The maximum absolute atomic E-state index is 5.74. The number of hydrazine groups is 1. The van der Waals surface area contributed by atoms with Crippen molar-refractivity contribution in [1.29, 1.82) is 0 Å². The second-order valence-electron chi connectivity index (χ2n) is 4.45. The molecule has 0 saturated carbocycles. The Morgan fingerprint density at radius 2 is 2.00 bits per heavy atom. The number of thiophene rings is 1. The normalized spacial score (nSPS) is 12.5. The van der Waals surface area contributed by atoms with Crippen molar-refractivity contribution in [3.8, 4) is 5.69 Å². The number of para-hydroxylation sites is 1. The highest BCUT2D eigenvalue weighted by Gasteiger charge is 2.20. The van der Waals surface area contributed by atoms with Crippen LogP contribution in [0.25, 0.3) is 5.69 Å². The van der Waals surface area contributed by atoms with Crippen LogP contribution in [0.15, 0.2) is 48.7 Å². The van der Waals surface area contributed by atoms with Gasteiger partial charge in [0.2, 0.25) is 0 Å². The Labute approximate surface area is 121 Å². The summed E-state index contributed by atoms with van der Waals surface area (Å²) in [7, 11) is 0. The van der Waals surface area contributed by atoms with E-state index in [1.54, 1.807) is 22.2 Å². The second kappa shape index (κ2) is 5.54. The molecule has 6 heteroatoms. The first-order chi connectivity index (χ1) is 9.79. The number of nitrogens with one attached hydrogen (secondary N) is 1. The summed E-state index contributed by atoms with van der Waals surface area (Å²) in [6.45, 7) is 2.08. The highest BCUT2D eigenvalue weighted by Crippen LogP contribution is 2.28. The van der Waals surface area contributed by atoms with Crippen molar-refractivity contribution in [2.75, 3.05) is 0 Å². The van der Waals surface area contributed by atoms with Crippen LogP contribution in [-0.2, 0) is 0 Å². The minimum Gasteiger partial charge on any atom is -0.270 e. The van der Waals surface area contributed by atoms with E-state index in [-0.39, 0.29) is 6.04 Å². The standard InChI is InChI=1S/C14H15N5S/c1-10-7-8-13(20-10)14(17-15)12-9-16-18-19(12)11-5-3-2-4-6-11/h2-9,14,17H,15H2,1H3. The Morgan fingerprint density at radius 3 is 2.65 bits per heavy atom. The van der Waals surface area contributed by atoms with Crippen molar-refractivity contribution >= 4 is 11.3 Å². The Bertz CT molecular complexity index is 688. The predicted molar refractivity (Wildman–Crippen MR) is 79.6 cm³/mol. The third kappa shape index (κ3) is 2.36. The highest BCUT2D eigenvalue weighted by molar-refractivity contribution is 7.12. The maximum Gasteiger partial charge on any atom is 0.0991 e. The van der Waals surface area contributed by atoms with Crippen LogP contribution in [0.5, 0.6) is 0 Å². The van der Waals surface area contributed by atoms with Crippen LogP contribution >= 0.6 is 11.3 Å². The molecule has 2 heterocycles. The van der Waals surface area contributed by atoms with Crippen LogP contribution in [0.3, 0.4) is 0 Å². The topological polar surface area (TPSA) is 68.8 Å². The second-order valence-corrected chi connectivity index (χ2v) is 5.77. The number of hydrogen-bond donors (Lipinski definition) is 2. The van der Waals surface area contributed by atoms with E-state index >= 15 is 0 Å². The first kappa shape index (κ1) is 13.0. The molecule has 0 aliphatic rings. The lowest BCUT2D eigenvalue weighted by Gasteiger charge is -2.15. The Morgan fingerprint density at radius 1 is 1.20 bits per heavy atom. The number of aryl methyl sites for hydroxylation is 1. The fourth-order valence-electron chi connectivity index (χ4n) is 2.13. The molecule has 0 bridgehead atoms. The zero-order valence-corrected chi connectivity index (χ0v) is 11.8. The first-order valence-electron chi connectivity index (χ1n) is 6.28. The van der Waals surface area contributed by atoms with Crippen LogP contribution < -0.4 is 11.3 Å². The molecule has 0 saturated heterocycles. The summed E-state index contributed by atoms with van der Waals surface area (Å²) in [6, 6.07) is 13.9. The zero-order valence-electron chi connectivity index (χ0n) is 11.0.